The van der Waals surface area contributed by atoms with E-state index in [1.807, 2.05) is 55.3 Å². The smallest absolute Gasteiger partial charge is 0.253 e. The van der Waals surface area contributed by atoms with E-state index in [4.69, 9.17) is 4.42 Å². The number of likely N-dealkylation sites (tertiary alicyclic amines) is 1. The van der Waals surface area contributed by atoms with Gasteiger partial charge in [-0.1, -0.05) is 12.1 Å². The number of piperidine rings is 1. The Labute approximate surface area is 177 Å². The number of halogens is 1. The van der Waals surface area contributed by atoms with Crippen LogP contribution >= 0.6 is 0 Å². The van der Waals surface area contributed by atoms with Crippen molar-refractivity contribution in [3.05, 3.63) is 71.2 Å². The quantitative estimate of drug-likeness (QED) is 0.582. The van der Waals surface area contributed by atoms with Gasteiger partial charge in [0.15, 0.2) is 0 Å². The van der Waals surface area contributed by atoms with Gasteiger partial charge in [-0.2, -0.15) is 0 Å². The number of fused-ring (bicyclic) bond motifs is 1. The van der Waals surface area contributed by atoms with Crippen molar-refractivity contribution in [1.82, 2.24) is 9.80 Å². The van der Waals surface area contributed by atoms with E-state index in [0.29, 0.717) is 11.5 Å². The van der Waals surface area contributed by atoms with Gasteiger partial charge in [0, 0.05) is 37.6 Å². The van der Waals surface area contributed by atoms with Crippen LogP contribution in [0.1, 0.15) is 34.5 Å². The molecule has 3 aromatic rings. The van der Waals surface area contributed by atoms with Crippen molar-refractivity contribution < 1.29 is 13.6 Å². The Morgan fingerprint density at radius 3 is 2.80 bits per heavy atom. The zero-order chi connectivity index (χ0) is 21.1. The van der Waals surface area contributed by atoms with Crippen LogP contribution in [0, 0.1) is 18.7 Å². The van der Waals surface area contributed by atoms with Gasteiger partial charge in [-0.05, 0) is 80.6 Å². The van der Waals surface area contributed by atoms with Crippen LogP contribution in [-0.2, 0) is 6.42 Å². The third kappa shape index (κ3) is 4.90. The van der Waals surface area contributed by atoms with E-state index in [1.54, 1.807) is 0 Å². The fraction of sp³-hybridized carbons (Fsp3) is 0.400. The number of hydrogen-bond donors (Lipinski definition) is 0. The van der Waals surface area contributed by atoms with Crippen LogP contribution in [0.25, 0.3) is 11.0 Å². The second-order valence-electron chi connectivity index (χ2n) is 8.48. The third-order valence-corrected chi connectivity index (χ3v) is 6.00. The first-order valence-corrected chi connectivity index (χ1v) is 10.7. The van der Waals surface area contributed by atoms with Gasteiger partial charge in [0.25, 0.3) is 5.91 Å². The van der Waals surface area contributed by atoms with Gasteiger partial charge in [-0.15, -0.1) is 0 Å². The van der Waals surface area contributed by atoms with Crippen LogP contribution in [-0.4, -0.2) is 48.9 Å². The molecule has 2 aromatic carbocycles. The summed E-state index contributed by atoms with van der Waals surface area (Å²) in [4.78, 5) is 17.3. The molecule has 0 spiro atoms. The normalized spacial score (nSPS) is 17.4. The van der Waals surface area contributed by atoms with Crippen molar-refractivity contribution >= 4 is 16.9 Å². The number of rotatable bonds is 6. The van der Waals surface area contributed by atoms with Crippen molar-refractivity contribution in [3.8, 4) is 0 Å². The standard InChI is InChI=1S/C25H29FN2O2/c1-18-14-22-15-21(7-10-24(22)30-18)25(29)27(2)16-20-4-3-12-28(17-20)13-11-19-5-8-23(26)9-6-19/h5-10,14-15,20H,3-4,11-13,16-17H2,1-2H3. The summed E-state index contributed by atoms with van der Waals surface area (Å²) in [5.41, 5.74) is 2.68. The van der Waals surface area contributed by atoms with Crippen LogP contribution < -0.4 is 0 Å². The Morgan fingerprint density at radius 1 is 1.20 bits per heavy atom. The van der Waals surface area contributed by atoms with Crippen LogP contribution in [0.4, 0.5) is 4.39 Å². The topological polar surface area (TPSA) is 36.7 Å². The van der Waals surface area contributed by atoms with Crippen molar-refractivity contribution in [3.63, 3.8) is 0 Å². The maximum absolute atomic E-state index is 13.1. The largest absolute Gasteiger partial charge is 0.461 e. The number of nitrogens with zero attached hydrogens (tertiary/aromatic N) is 2. The molecule has 1 aliphatic rings. The summed E-state index contributed by atoms with van der Waals surface area (Å²) in [6.45, 7) is 5.73. The fourth-order valence-electron chi connectivity index (χ4n) is 4.44. The minimum atomic E-state index is -0.188. The van der Waals surface area contributed by atoms with E-state index >= 15 is 0 Å². The fourth-order valence-corrected chi connectivity index (χ4v) is 4.44. The lowest BCUT2D eigenvalue weighted by Gasteiger charge is -2.34. The van der Waals surface area contributed by atoms with Crippen molar-refractivity contribution in [2.24, 2.45) is 5.92 Å². The van der Waals surface area contributed by atoms with Gasteiger partial charge in [0.2, 0.25) is 0 Å². The van der Waals surface area contributed by atoms with Crippen molar-refractivity contribution in [1.29, 1.82) is 0 Å². The summed E-state index contributed by atoms with van der Waals surface area (Å²) < 4.78 is 18.7. The van der Waals surface area contributed by atoms with Crippen LogP contribution in [0.5, 0.6) is 0 Å². The molecule has 30 heavy (non-hydrogen) atoms. The van der Waals surface area contributed by atoms with Crippen LogP contribution in [0.3, 0.4) is 0 Å². The van der Waals surface area contributed by atoms with Gasteiger partial charge in [-0.25, -0.2) is 4.39 Å². The zero-order valence-electron chi connectivity index (χ0n) is 17.7. The van der Waals surface area contributed by atoms with Crippen LogP contribution in [0.15, 0.2) is 52.9 Å². The minimum absolute atomic E-state index is 0.0548. The van der Waals surface area contributed by atoms with E-state index in [9.17, 15) is 9.18 Å². The molecule has 0 bridgehead atoms. The lowest BCUT2D eigenvalue weighted by atomic mass is 9.96. The van der Waals surface area contributed by atoms with E-state index in [1.165, 1.54) is 12.1 Å². The van der Waals surface area contributed by atoms with E-state index < -0.39 is 0 Å². The van der Waals surface area contributed by atoms with Gasteiger partial charge in [-0.3, -0.25) is 4.79 Å². The number of amides is 1. The molecule has 0 aliphatic carbocycles. The Kier molecular flexibility index (Phi) is 6.18. The molecular formula is C25H29FN2O2. The Balaban J connectivity index is 1.32. The SMILES string of the molecule is Cc1cc2cc(C(=O)N(C)CC3CCCN(CCc4ccc(F)cc4)C3)ccc2o1. The van der Waals surface area contributed by atoms with E-state index in [2.05, 4.69) is 4.90 Å². The molecule has 1 aliphatic heterocycles. The molecule has 1 amide bonds. The molecule has 1 fully saturated rings. The molecule has 0 radical (unpaired) electrons. The molecule has 1 saturated heterocycles. The lowest BCUT2D eigenvalue weighted by Crippen LogP contribution is -2.42. The summed E-state index contributed by atoms with van der Waals surface area (Å²) >= 11 is 0. The molecule has 5 heteroatoms. The number of carbonyl (C=O) groups is 1. The molecular weight excluding hydrogens is 379 g/mol. The summed E-state index contributed by atoms with van der Waals surface area (Å²) in [5.74, 6) is 1.19. The number of aryl methyl sites for hydroxylation is 1. The predicted octanol–water partition coefficient (Wildman–Crippen LogP) is 4.91. The highest BCUT2D eigenvalue weighted by molar-refractivity contribution is 5.97. The van der Waals surface area contributed by atoms with Gasteiger partial charge < -0.3 is 14.2 Å². The molecule has 4 rings (SSSR count). The van der Waals surface area contributed by atoms with Gasteiger partial charge >= 0.3 is 0 Å². The summed E-state index contributed by atoms with van der Waals surface area (Å²) in [7, 11) is 1.89. The maximum atomic E-state index is 13.1. The highest BCUT2D eigenvalue weighted by atomic mass is 19.1. The number of benzene rings is 2. The van der Waals surface area contributed by atoms with Crippen molar-refractivity contribution in [2.75, 3.05) is 33.2 Å². The number of hydrogen-bond acceptors (Lipinski definition) is 3. The maximum Gasteiger partial charge on any atom is 0.253 e. The number of carbonyl (C=O) groups excluding carboxylic acids is 1. The summed E-state index contributed by atoms with van der Waals surface area (Å²) in [5, 5.41) is 0.969. The minimum Gasteiger partial charge on any atom is -0.461 e. The van der Waals surface area contributed by atoms with E-state index in [-0.39, 0.29) is 11.7 Å². The molecule has 4 nitrogen and oxygen atoms in total. The monoisotopic (exact) mass is 408 g/mol. The first-order chi connectivity index (χ1) is 14.5. The first-order valence-electron chi connectivity index (χ1n) is 10.7. The molecule has 1 unspecified atom stereocenters. The highest BCUT2D eigenvalue weighted by Crippen LogP contribution is 2.22. The molecule has 0 N–H and O–H groups in total. The van der Waals surface area contributed by atoms with Gasteiger partial charge in [0.1, 0.15) is 17.2 Å². The molecule has 158 valence electrons. The first kappa shape index (κ1) is 20.6. The molecule has 0 saturated carbocycles. The Morgan fingerprint density at radius 2 is 2.00 bits per heavy atom. The Hall–Kier alpha value is -2.66. The average Bonchev–Trinajstić information content (AvgIpc) is 3.12. The molecule has 1 atom stereocenters. The Bertz CT molecular complexity index is 1010. The summed E-state index contributed by atoms with van der Waals surface area (Å²) in [6.07, 6.45) is 3.22. The van der Waals surface area contributed by atoms with Crippen LogP contribution in [0.2, 0.25) is 0 Å². The summed E-state index contributed by atoms with van der Waals surface area (Å²) in [6, 6.07) is 14.4. The second kappa shape index (κ2) is 9.00. The lowest BCUT2D eigenvalue weighted by molar-refractivity contribution is 0.0730. The second-order valence-corrected chi connectivity index (χ2v) is 8.48. The third-order valence-electron chi connectivity index (χ3n) is 6.00. The van der Waals surface area contributed by atoms with Crippen molar-refractivity contribution in [2.45, 2.75) is 26.2 Å². The number of furan rings is 1. The highest BCUT2D eigenvalue weighted by Gasteiger charge is 2.23. The molecule has 2 heterocycles. The predicted molar refractivity (Wildman–Crippen MR) is 117 cm³/mol. The zero-order valence-corrected chi connectivity index (χ0v) is 17.7. The average molecular weight is 409 g/mol. The van der Waals surface area contributed by atoms with E-state index in [0.717, 1.165) is 67.7 Å². The molecule has 1 aromatic heterocycles. The van der Waals surface area contributed by atoms with Gasteiger partial charge in [0.05, 0.1) is 0 Å².